The molecule has 0 spiro atoms. The maximum atomic E-state index is 13.3. The van der Waals surface area contributed by atoms with Crippen LogP contribution in [0.25, 0.3) is 0 Å². The lowest BCUT2D eigenvalue weighted by atomic mass is 9.95. The number of benzene rings is 2. The molecule has 3 saturated heterocycles. The Labute approximate surface area is 376 Å². The molecular weight excluding hydrogens is 860 g/mol. The van der Waals surface area contributed by atoms with Crippen LogP contribution in [0.5, 0.6) is 23.0 Å². The van der Waals surface area contributed by atoms with E-state index in [1.807, 2.05) is 0 Å². The molecule has 20 nitrogen and oxygen atoms in total. The second kappa shape index (κ2) is 23.3. The molecule has 2 aromatic carbocycles. The molecule has 0 bridgehead atoms. The molecule has 10 N–H and O–H groups in total. The minimum Gasteiger partial charge on any atom is -0.508 e. The molecule has 0 amide bonds. The molecule has 0 aliphatic carbocycles. The molecule has 16 atom stereocenters. The van der Waals surface area contributed by atoms with Gasteiger partial charge in [-0.1, -0.05) is 70.4 Å². The normalized spacial score (nSPS) is 35.0. The van der Waals surface area contributed by atoms with Crippen molar-refractivity contribution in [1.82, 2.24) is 0 Å². The second-order valence-electron chi connectivity index (χ2n) is 17.1. The monoisotopic (exact) mass is 924 g/mol. The molecule has 0 saturated carbocycles. The summed E-state index contributed by atoms with van der Waals surface area (Å²) in [4.78, 5) is 26.3. The molecule has 4 heterocycles. The Bertz CT molecular complexity index is 1830. The summed E-state index contributed by atoms with van der Waals surface area (Å²) in [6, 6.07) is 8.33. The van der Waals surface area contributed by atoms with Crippen LogP contribution in [0.2, 0.25) is 0 Å². The molecule has 2 aromatic rings. The summed E-state index contributed by atoms with van der Waals surface area (Å²) in [5.74, 6) is -1.94. The number of carbonyl (C=O) groups is 2. The van der Waals surface area contributed by atoms with Crippen molar-refractivity contribution in [3.8, 4) is 23.0 Å². The number of phenols is 2. The van der Waals surface area contributed by atoms with Gasteiger partial charge in [0.25, 0.3) is 0 Å². The molecule has 364 valence electrons. The predicted octanol–water partition coefficient (Wildman–Crippen LogP) is 1.13. The fourth-order valence-electron chi connectivity index (χ4n) is 8.36. The van der Waals surface area contributed by atoms with E-state index in [1.165, 1.54) is 44.4 Å². The molecule has 4 aliphatic rings. The number of fused-ring (bicyclic) bond motifs is 1. The van der Waals surface area contributed by atoms with E-state index in [-0.39, 0.29) is 35.7 Å². The van der Waals surface area contributed by atoms with Crippen molar-refractivity contribution in [3.63, 3.8) is 0 Å². The van der Waals surface area contributed by atoms with E-state index >= 15 is 0 Å². The van der Waals surface area contributed by atoms with E-state index in [1.54, 1.807) is 12.1 Å². The molecule has 6 rings (SSSR count). The summed E-state index contributed by atoms with van der Waals surface area (Å²) in [5, 5.41) is 107. The Hall–Kier alpha value is -3.74. The van der Waals surface area contributed by atoms with Crippen LogP contribution in [0.15, 0.2) is 36.4 Å². The number of ketones is 1. The molecule has 3 fully saturated rings. The largest absolute Gasteiger partial charge is 0.508 e. The van der Waals surface area contributed by atoms with Crippen molar-refractivity contribution in [2.45, 2.75) is 183 Å². The highest BCUT2D eigenvalue weighted by Gasteiger charge is 2.55. The van der Waals surface area contributed by atoms with Crippen LogP contribution >= 0.6 is 0 Å². The summed E-state index contributed by atoms with van der Waals surface area (Å²) >= 11 is 0. The van der Waals surface area contributed by atoms with Crippen molar-refractivity contribution in [3.05, 3.63) is 47.5 Å². The first-order valence-electron chi connectivity index (χ1n) is 22.4. The second-order valence-corrected chi connectivity index (χ2v) is 17.1. The van der Waals surface area contributed by atoms with Crippen LogP contribution in [-0.4, -0.2) is 168 Å². The van der Waals surface area contributed by atoms with Crippen molar-refractivity contribution < 1.29 is 98.5 Å². The van der Waals surface area contributed by atoms with Crippen molar-refractivity contribution >= 4 is 11.8 Å². The Morgan fingerprint density at radius 1 is 0.692 bits per heavy atom. The van der Waals surface area contributed by atoms with Crippen molar-refractivity contribution in [1.29, 1.82) is 0 Å². The zero-order valence-corrected chi connectivity index (χ0v) is 36.4. The van der Waals surface area contributed by atoms with E-state index in [4.69, 9.17) is 37.9 Å². The molecule has 0 radical (unpaired) electrons. The van der Waals surface area contributed by atoms with E-state index < -0.39 is 129 Å². The fourth-order valence-corrected chi connectivity index (χ4v) is 8.36. The van der Waals surface area contributed by atoms with Crippen LogP contribution in [0.1, 0.15) is 107 Å². The third kappa shape index (κ3) is 12.4. The van der Waals surface area contributed by atoms with E-state index in [2.05, 4.69) is 6.92 Å². The summed E-state index contributed by atoms with van der Waals surface area (Å²) in [7, 11) is 0. The molecule has 4 aliphatic heterocycles. The average Bonchev–Trinajstić information content (AvgIpc) is 3.28. The van der Waals surface area contributed by atoms with Gasteiger partial charge in [0.2, 0.25) is 6.29 Å². The number of hydrogen-bond acceptors (Lipinski definition) is 20. The Balaban J connectivity index is 1.28. The quantitative estimate of drug-likeness (QED) is 0.0657. The standard InChI is InChI=1S/C45H64O20/c1-3-4-5-6-7-8-9-10-11-12-32(50)58-21-31-36(53)41(64-44-40(57)38(55)35(52)30(20-46)62-44)42(65-43-39(56)37(54)34(51)22(2)59-43)45(63-31)60-25-17-26(48)33-27(49)19-28(61-29(33)18-25)23-13-15-24(47)16-14-23/h13-18,22,28,30-31,34-48,51-57H,3-12,19-21H2,1-2H3/t22-,28-,30+,31+,34-,35+,36+,37+,38-,39+,40+,41-,42+,43-,44+,45+/m0/s1. The van der Waals surface area contributed by atoms with Crippen LogP contribution < -0.4 is 9.47 Å². The summed E-state index contributed by atoms with van der Waals surface area (Å²) in [6.07, 6.45) is -17.7. The summed E-state index contributed by atoms with van der Waals surface area (Å²) in [6.45, 7) is 2.13. The SMILES string of the molecule is CCCCCCCCCCCC(=O)OC[C@H]1O[C@@H](Oc2cc(O)c3c(c2)O[C@H](c2ccc(O)cc2)CC3=O)[C@H](O[C@@H]2O[C@@H](C)[C@H](O)[C@@H](O)[C@H]2O)[C@@H](O[C@H]2O[C@H](CO)[C@@H](O)[C@H](O)[C@H]2O)[C@@H]1O. The highest BCUT2D eigenvalue weighted by atomic mass is 16.8. The van der Waals surface area contributed by atoms with Crippen molar-refractivity contribution in [2.75, 3.05) is 13.2 Å². The average molecular weight is 925 g/mol. The van der Waals surface area contributed by atoms with E-state index in [9.17, 15) is 60.7 Å². The van der Waals surface area contributed by atoms with Crippen LogP contribution in [-0.2, 0) is 33.2 Å². The molecule has 20 heteroatoms. The highest BCUT2D eigenvalue weighted by Crippen LogP contribution is 2.43. The maximum absolute atomic E-state index is 13.3. The van der Waals surface area contributed by atoms with E-state index in [0.717, 1.165) is 38.2 Å². The predicted molar refractivity (Wildman–Crippen MR) is 222 cm³/mol. The number of aliphatic hydroxyl groups is 8. The zero-order valence-electron chi connectivity index (χ0n) is 36.4. The van der Waals surface area contributed by atoms with Gasteiger partial charge in [-0.25, -0.2) is 0 Å². The van der Waals surface area contributed by atoms with Gasteiger partial charge in [-0.05, 0) is 31.0 Å². The summed E-state index contributed by atoms with van der Waals surface area (Å²) < 4.78 is 47.7. The first-order chi connectivity index (χ1) is 31.1. The highest BCUT2D eigenvalue weighted by molar-refractivity contribution is 6.02. The number of ether oxygens (including phenoxy) is 8. The number of rotatable bonds is 20. The molecule has 65 heavy (non-hydrogen) atoms. The van der Waals surface area contributed by atoms with Crippen LogP contribution in [0, 0.1) is 0 Å². The lowest BCUT2D eigenvalue weighted by Gasteiger charge is -2.48. The van der Waals surface area contributed by atoms with Gasteiger partial charge in [0.1, 0.15) is 102 Å². The van der Waals surface area contributed by atoms with Gasteiger partial charge >= 0.3 is 5.97 Å². The third-order valence-corrected chi connectivity index (χ3v) is 12.2. The Morgan fingerprint density at radius 2 is 1.29 bits per heavy atom. The van der Waals surface area contributed by atoms with Gasteiger partial charge in [0.15, 0.2) is 24.5 Å². The minimum absolute atomic E-state index is 0.00835. The number of hydrogen-bond donors (Lipinski definition) is 10. The van der Waals surface area contributed by atoms with Gasteiger partial charge in [0, 0.05) is 18.6 Å². The number of unbranched alkanes of at least 4 members (excludes halogenated alkanes) is 8. The number of Topliss-reactive ketones (excluding diaryl/α,β-unsaturated/α-hetero) is 1. The van der Waals surface area contributed by atoms with E-state index in [0.29, 0.717) is 12.0 Å². The Kier molecular flexibility index (Phi) is 18.2. The first kappa shape index (κ1) is 50.7. The maximum Gasteiger partial charge on any atom is 0.305 e. The van der Waals surface area contributed by atoms with Gasteiger partial charge < -0.3 is 89.0 Å². The van der Waals surface area contributed by atoms with Gasteiger partial charge in [-0.3, -0.25) is 9.59 Å². The Morgan fingerprint density at radius 3 is 1.95 bits per heavy atom. The number of carbonyl (C=O) groups excluding carboxylic acids is 2. The first-order valence-corrected chi connectivity index (χ1v) is 22.4. The topological polar surface area (TPSA) is 310 Å². The summed E-state index contributed by atoms with van der Waals surface area (Å²) in [5.41, 5.74) is 0.391. The van der Waals surface area contributed by atoms with Crippen LogP contribution in [0.3, 0.4) is 0 Å². The zero-order chi connectivity index (χ0) is 46.9. The molecule has 0 unspecified atom stereocenters. The lowest BCUT2D eigenvalue weighted by molar-refractivity contribution is -0.383. The van der Waals surface area contributed by atoms with Gasteiger partial charge in [-0.15, -0.1) is 0 Å². The van der Waals surface area contributed by atoms with Crippen LogP contribution in [0.4, 0.5) is 0 Å². The smallest absolute Gasteiger partial charge is 0.305 e. The minimum atomic E-state index is -1.99. The number of aliphatic hydroxyl groups excluding tert-OH is 8. The number of aromatic hydroxyl groups is 2. The van der Waals surface area contributed by atoms with Gasteiger partial charge in [-0.2, -0.15) is 0 Å². The fraction of sp³-hybridized carbons (Fsp3) is 0.689. The van der Waals surface area contributed by atoms with Crippen molar-refractivity contribution in [2.24, 2.45) is 0 Å². The third-order valence-electron chi connectivity index (χ3n) is 12.2. The van der Waals surface area contributed by atoms with Gasteiger partial charge in [0.05, 0.1) is 19.1 Å². The number of phenolic OH excluding ortho intramolecular Hbond substituents is 2. The lowest BCUT2D eigenvalue weighted by Crippen LogP contribution is -2.67. The molecular formula is C45H64O20. The number of esters is 1. The molecule has 0 aromatic heterocycles.